The van der Waals surface area contributed by atoms with Crippen molar-refractivity contribution in [1.82, 2.24) is 5.43 Å². The number of anilines is 1. The molecule has 0 aliphatic heterocycles. The molecule has 0 spiro atoms. The predicted molar refractivity (Wildman–Crippen MR) is 132 cm³/mol. The van der Waals surface area contributed by atoms with Crippen molar-refractivity contribution in [1.29, 1.82) is 0 Å². The molecule has 166 valence electrons. The summed E-state index contributed by atoms with van der Waals surface area (Å²) in [5.74, 6) is 1.03. The van der Waals surface area contributed by atoms with Crippen LogP contribution >= 0.6 is 39.1 Å². The highest BCUT2D eigenvalue weighted by Crippen LogP contribution is 2.37. The van der Waals surface area contributed by atoms with Gasteiger partial charge in [0.05, 0.1) is 27.8 Å². The third kappa shape index (κ3) is 6.38. The van der Waals surface area contributed by atoms with Gasteiger partial charge in [0, 0.05) is 5.69 Å². The molecule has 0 saturated carbocycles. The zero-order valence-corrected chi connectivity index (χ0v) is 20.4. The van der Waals surface area contributed by atoms with Gasteiger partial charge in [-0.2, -0.15) is 5.10 Å². The summed E-state index contributed by atoms with van der Waals surface area (Å²) in [6.07, 6.45) is 1.51. The van der Waals surface area contributed by atoms with Crippen molar-refractivity contribution in [2.45, 2.75) is 13.5 Å². The Morgan fingerprint density at radius 2 is 1.91 bits per heavy atom. The van der Waals surface area contributed by atoms with E-state index in [4.69, 9.17) is 32.7 Å². The number of carbonyl (C=O) groups excluding carboxylic acids is 1. The molecule has 0 heterocycles. The average Bonchev–Trinajstić information content (AvgIpc) is 2.76. The van der Waals surface area contributed by atoms with E-state index >= 15 is 0 Å². The number of hydrazone groups is 1. The molecule has 3 aromatic carbocycles. The largest absolute Gasteiger partial charge is 0.493 e. The molecule has 3 aromatic rings. The van der Waals surface area contributed by atoms with Crippen LogP contribution in [-0.4, -0.2) is 19.4 Å². The highest BCUT2D eigenvalue weighted by atomic mass is 79.9. The van der Waals surface area contributed by atoms with E-state index in [2.05, 4.69) is 31.8 Å². The van der Waals surface area contributed by atoms with Crippen molar-refractivity contribution in [3.63, 3.8) is 0 Å². The normalized spacial score (nSPS) is 10.8. The number of nitrogens with one attached hydrogen (secondary N) is 2. The fourth-order valence-electron chi connectivity index (χ4n) is 2.77. The van der Waals surface area contributed by atoms with Crippen molar-refractivity contribution in [3.8, 4) is 11.5 Å². The van der Waals surface area contributed by atoms with Crippen LogP contribution in [0.5, 0.6) is 11.5 Å². The predicted octanol–water partition coefficient (Wildman–Crippen LogP) is 6.81. The van der Waals surface area contributed by atoms with Gasteiger partial charge in [0.1, 0.15) is 6.61 Å². The van der Waals surface area contributed by atoms with Crippen LogP contribution in [0, 0.1) is 6.92 Å². The molecule has 0 fully saturated rings. The third-order valence-electron chi connectivity index (χ3n) is 4.39. The first-order valence-electron chi connectivity index (χ1n) is 9.47. The molecule has 0 atom stereocenters. The second-order valence-corrected chi connectivity index (χ2v) is 8.38. The van der Waals surface area contributed by atoms with Gasteiger partial charge in [-0.1, -0.05) is 47.5 Å². The second-order valence-electron chi connectivity index (χ2n) is 6.71. The van der Waals surface area contributed by atoms with Crippen molar-refractivity contribution in [2.24, 2.45) is 5.10 Å². The smallest absolute Gasteiger partial charge is 0.339 e. The van der Waals surface area contributed by atoms with Crippen molar-refractivity contribution in [3.05, 3.63) is 85.8 Å². The van der Waals surface area contributed by atoms with Crippen LogP contribution in [0.15, 0.2) is 64.2 Å². The number of methoxy groups -OCH3 is 1. The Kier molecular flexibility index (Phi) is 8.39. The highest BCUT2D eigenvalue weighted by molar-refractivity contribution is 9.10. The third-order valence-corrected chi connectivity index (χ3v) is 5.72. The summed E-state index contributed by atoms with van der Waals surface area (Å²) in [5, 5.41) is 7.68. The topological polar surface area (TPSA) is 72.0 Å². The van der Waals surface area contributed by atoms with Crippen LogP contribution in [-0.2, 0) is 6.61 Å². The molecular weight excluding hydrogens is 517 g/mol. The number of hydrogen-bond acceptors (Lipinski definition) is 4. The van der Waals surface area contributed by atoms with Crippen LogP contribution in [0.2, 0.25) is 10.0 Å². The maximum absolute atomic E-state index is 12.1. The second kappa shape index (κ2) is 11.2. The quantitative estimate of drug-likeness (QED) is 0.257. The molecule has 0 radical (unpaired) electrons. The molecule has 0 unspecified atom stereocenters. The number of para-hydroxylation sites is 1. The number of ether oxygens (including phenoxy) is 2. The zero-order valence-electron chi connectivity index (χ0n) is 17.3. The van der Waals surface area contributed by atoms with Gasteiger partial charge in [-0.05, 0) is 69.9 Å². The zero-order chi connectivity index (χ0) is 23.1. The number of hydrogen-bond donors (Lipinski definition) is 2. The summed E-state index contributed by atoms with van der Waals surface area (Å²) < 4.78 is 12.0. The fourth-order valence-corrected chi connectivity index (χ4v) is 3.66. The van der Waals surface area contributed by atoms with Crippen molar-refractivity contribution < 1.29 is 14.3 Å². The maximum atomic E-state index is 12.1. The van der Waals surface area contributed by atoms with Crippen LogP contribution in [0.25, 0.3) is 0 Å². The van der Waals surface area contributed by atoms with E-state index in [0.29, 0.717) is 37.3 Å². The Hall–Kier alpha value is -2.74. The maximum Gasteiger partial charge on any atom is 0.339 e. The SMILES string of the molecule is COc1cc(C=NNC(=O)Nc2ccccc2C)cc(Br)c1OCc1ccc(Cl)c(Cl)c1. The number of rotatable bonds is 7. The Bertz CT molecular complexity index is 1160. The van der Waals surface area contributed by atoms with E-state index in [1.165, 1.54) is 6.21 Å². The van der Waals surface area contributed by atoms with Gasteiger partial charge >= 0.3 is 6.03 Å². The highest BCUT2D eigenvalue weighted by Gasteiger charge is 2.12. The molecule has 32 heavy (non-hydrogen) atoms. The van der Waals surface area contributed by atoms with Gasteiger partial charge < -0.3 is 14.8 Å². The molecule has 6 nitrogen and oxygen atoms in total. The van der Waals surface area contributed by atoms with E-state index in [1.807, 2.05) is 37.3 Å². The van der Waals surface area contributed by atoms with Gasteiger partial charge in [-0.25, -0.2) is 10.2 Å². The molecule has 0 aromatic heterocycles. The van der Waals surface area contributed by atoms with E-state index in [0.717, 1.165) is 11.1 Å². The molecule has 0 saturated heterocycles. The molecule has 2 amide bonds. The van der Waals surface area contributed by atoms with Gasteiger partial charge in [-0.3, -0.25) is 0 Å². The number of nitrogens with zero attached hydrogens (tertiary/aromatic N) is 1. The number of aryl methyl sites for hydroxylation is 1. The van der Waals surface area contributed by atoms with E-state index in [9.17, 15) is 4.79 Å². The minimum absolute atomic E-state index is 0.278. The fraction of sp³-hybridized carbons (Fsp3) is 0.130. The number of halogens is 3. The number of urea groups is 1. The Labute approximate surface area is 204 Å². The molecular formula is C23H20BrCl2N3O3. The lowest BCUT2D eigenvalue weighted by atomic mass is 10.2. The lowest BCUT2D eigenvalue weighted by Crippen LogP contribution is -2.24. The first kappa shape index (κ1) is 23.9. The first-order valence-corrected chi connectivity index (χ1v) is 11.0. The summed E-state index contributed by atoms with van der Waals surface area (Å²) in [7, 11) is 1.54. The standard InChI is InChI=1S/C23H20BrCl2N3O3/c1-14-5-3-4-6-20(14)28-23(30)29-27-12-16-9-17(24)22(21(11-16)31-2)32-13-15-7-8-18(25)19(26)10-15/h3-12H,13H2,1-2H3,(H2,28,29,30). The van der Waals surface area contributed by atoms with E-state index in [1.54, 1.807) is 31.4 Å². The van der Waals surface area contributed by atoms with Crippen molar-refractivity contribution in [2.75, 3.05) is 12.4 Å². The summed E-state index contributed by atoms with van der Waals surface area (Å²) in [6.45, 7) is 2.19. The monoisotopic (exact) mass is 535 g/mol. The molecule has 0 aliphatic carbocycles. The minimum Gasteiger partial charge on any atom is -0.493 e. The summed E-state index contributed by atoms with van der Waals surface area (Å²) in [6, 6.07) is 15.9. The van der Waals surface area contributed by atoms with Gasteiger partial charge in [0.2, 0.25) is 0 Å². The van der Waals surface area contributed by atoms with Gasteiger partial charge in [0.15, 0.2) is 11.5 Å². The minimum atomic E-state index is -0.442. The number of benzene rings is 3. The van der Waals surface area contributed by atoms with Gasteiger partial charge in [-0.15, -0.1) is 0 Å². The summed E-state index contributed by atoms with van der Waals surface area (Å²) in [4.78, 5) is 12.1. The molecule has 3 rings (SSSR count). The van der Waals surface area contributed by atoms with Crippen LogP contribution < -0.4 is 20.2 Å². The van der Waals surface area contributed by atoms with Crippen LogP contribution in [0.3, 0.4) is 0 Å². The first-order chi connectivity index (χ1) is 15.4. The molecule has 0 bridgehead atoms. The van der Waals surface area contributed by atoms with E-state index in [-0.39, 0.29) is 6.61 Å². The Morgan fingerprint density at radius 1 is 1.12 bits per heavy atom. The van der Waals surface area contributed by atoms with Crippen molar-refractivity contribution >= 4 is 57.1 Å². The molecule has 2 N–H and O–H groups in total. The van der Waals surface area contributed by atoms with Crippen LogP contribution in [0.4, 0.5) is 10.5 Å². The Morgan fingerprint density at radius 3 is 2.62 bits per heavy atom. The molecule has 0 aliphatic rings. The number of carbonyl (C=O) groups is 1. The summed E-state index contributed by atoms with van der Waals surface area (Å²) >= 11 is 15.5. The lowest BCUT2D eigenvalue weighted by molar-refractivity contribution is 0.252. The average molecular weight is 537 g/mol. The summed E-state index contributed by atoms with van der Waals surface area (Å²) in [5.41, 5.74) is 5.68. The van der Waals surface area contributed by atoms with E-state index < -0.39 is 6.03 Å². The Balaban J connectivity index is 1.65. The van der Waals surface area contributed by atoms with Gasteiger partial charge in [0.25, 0.3) is 0 Å². The molecule has 9 heteroatoms. The van der Waals surface area contributed by atoms with Crippen LogP contribution in [0.1, 0.15) is 16.7 Å². The lowest BCUT2D eigenvalue weighted by Gasteiger charge is -2.14. The number of amides is 2.